The molecule has 0 aliphatic rings. The molecular formula is C87H112Cl3N15O24P4. The fraction of sp³-hybridized carbons (Fsp3) is 0.414. The summed E-state index contributed by atoms with van der Waals surface area (Å²) in [6.45, 7) is 11.3. The molecule has 0 unspecified atom stereocenters. The summed E-state index contributed by atoms with van der Waals surface area (Å²) in [7, 11) is -19.5. The molecule has 0 spiro atoms. The molecule has 3 amide bonds. The van der Waals surface area contributed by atoms with E-state index in [0.717, 1.165) is 139 Å². The molecule has 12 rings (SSSR count). The molecule has 0 radical (unpaired) electrons. The minimum Gasteiger partial charge on any atom is -0.508 e. The zero-order chi connectivity index (χ0) is 96.2. The Morgan fingerprint density at radius 2 is 0.677 bits per heavy atom. The van der Waals surface area contributed by atoms with Crippen LogP contribution >= 0.6 is 66.1 Å². The maximum Gasteiger partial charge on any atom is 0.524 e. The summed E-state index contributed by atoms with van der Waals surface area (Å²) >= 11 is 16.4. The number of anilines is 3. The second-order valence-electron chi connectivity index (χ2n) is 31.1. The van der Waals surface area contributed by atoms with Crippen molar-refractivity contribution in [2.75, 3.05) is 94.1 Å². The van der Waals surface area contributed by atoms with Crippen LogP contribution < -0.4 is 51.2 Å². The molecule has 0 atom stereocenters. The van der Waals surface area contributed by atoms with Gasteiger partial charge in [0.2, 0.25) is 17.7 Å². The van der Waals surface area contributed by atoms with Crippen LogP contribution in [0.15, 0.2) is 109 Å². The molecular weight excluding hydrogens is 1870 g/mol. The number of nitrogens with zero attached hydrogens (tertiary/aromatic N) is 9. The molecule has 0 saturated carbocycles. The topological polar surface area (TPSA) is 593 Å². The van der Waals surface area contributed by atoms with Crippen LogP contribution in [-0.4, -0.2) is 188 Å². The largest absolute Gasteiger partial charge is 0.524 e. The van der Waals surface area contributed by atoms with Crippen LogP contribution in [0.25, 0.3) is 65.8 Å². The number of pyridine rings is 3. The Morgan fingerprint density at radius 1 is 0.368 bits per heavy atom. The number of nitrogens with two attached hydrogens (primary N) is 3. The van der Waals surface area contributed by atoms with Crippen molar-refractivity contribution in [3.8, 4) is 34.5 Å². The Kier molecular flexibility index (Phi) is 39.4. The zero-order valence-corrected chi connectivity index (χ0v) is 79.4. The summed E-state index contributed by atoms with van der Waals surface area (Å²) in [6.07, 6.45) is 13.9. The average Bonchev–Trinajstić information content (AvgIpc) is 1.61. The van der Waals surface area contributed by atoms with E-state index in [1.54, 1.807) is 0 Å². The Balaban J connectivity index is 0.000000207. The molecule has 0 bridgehead atoms. The number of hydrogen-bond donors (Lipinski definition) is 16. The van der Waals surface area contributed by atoms with Crippen molar-refractivity contribution in [3.63, 3.8) is 0 Å². The maximum atomic E-state index is 11.8. The average molecular weight is 1980 g/mol. The molecule has 6 aromatic heterocycles. The number of halogens is 3. The van der Waals surface area contributed by atoms with Crippen LogP contribution in [0.4, 0.5) is 17.5 Å². The van der Waals surface area contributed by atoms with Gasteiger partial charge in [-0.1, -0.05) is 76.4 Å². The van der Waals surface area contributed by atoms with E-state index in [2.05, 4.69) is 44.7 Å². The second kappa shape index (κ2) is 49.9. The zero-order valence-electron chi connectivity index (χ0n) is 73.6. The van der Waals surface area contributed by atoms with Gasteiger partial charge in [-0.2, -0.15) is 0 Å². The van der Waals surface area contributed by atoms with E-state index < -0.39 is 31.3 Å². The Bertz CT molecular complexity index is 6230. The fourth-order valence-electron chi connectivity index (χ4n) is 14.7. The standard InChI is InChI=1S/C29H38ClN5O10P2.2C29H37ClN5O7P/c1-2-3-7-25-34-27-28(35(25)18-20-16-21(44-46(37,38)39)9-11-24(20)45-47(40,41)42)22-10-8-19(15-23(22)33-29(27)31)6-4-13-43-14-5-12-32-26(36)17-30;1-2-3-7-25-34-27-28(35(25)18-20-16-21(9-11-24(20)36)42-43(38,39)40)22-10-8-19(15-23(22)33-29(27)31)6-4-13-41-14-5-12-32-26(37)17-30;1-2-3-7-25-34-27-28(35(25)18-20-16-21(36)9-11-24(20)42-43(38,39)40)22-10-8-19(15-23(22)33-29(27)31)6-4-13-41-14-5-12-32-26(37)17-30/h8-11,15-16H,2-7,12-14,17-18H2,1H3,(H2,31,33)(H,32,36)(H2,37,38,39)(H2,40,41,42);2*8-11,15-16,36H,2-7,12-14,17-18H2,1H3,(H2,31,33)(H,32,37)(H2,38,39,40). The third-order valence-corrected chi connectivity index (χ3v) is 23.3. The number of phosphoric acid groups is 4. The molecule has 0 fully saturated rings. The number of benzene rings is 6. The number of rotatable bonds is 50. The van der Waals surface area contributed by atoms with Gasteiger partial charge in [0, 0.05) is 111 Å². The highest BCUT2D eigenvalue weighted by molar-refractivity contribution is 7.47. The first-order valence-corrected chi connectivity index (χ1v) is 50.9. The number of nitrogens with one attached hydrogen (secondary N) is 3. The van der Waals surface area contributed by atoms with Crippen molar-refractivity contribution < 1.29 is 114 Å². The number of imidazole rings is 3. The number of aromatic nitrogens is 9. The fourth-order valence-corrected chi connectivity index (χ4v) is 16.7. The van der Waals surface area contributed by atoms with Crippen LogP contribution in [0.2, 0.25) is 0 Å². The van der Waals surface area contributed by atoms with Crippen molar-refractivity contribution in [1.29, 1.82) is 0 Å². The number of phenolic OH excluding ortho intramolecular Hbond substituents is 2. The summed E-state index contributed by atoms with van der Waals surface area (Å²) in [4.78, 5) is 137. The van der Waals surface area contributed by atoms with Gasteiger partial charge in [-0.05, 0) is 167 Å². The molecule has 12 aromatic rings. The number of nitrogen functional groups attached to an aromatic ring is 3. The highest BCUT2D eigenvalue weighted by Gasteiger charge is 2.29. The Labute approximate surface area is 781 Å². The first-order chi connectivity index (χ1) is 63.5. The number of ether oxygens (including phenoxy) is 3. The third-order valence-electron chi connectivity index (χ3n) is 20.8. The van der Waals surface area contributed by atoms with E-state index in [4.69, 9.17) is 99.3 Å². The highest BCUT2D eigenvalue weighted by atomic mass is 35.5. The van der Waals surface area contributed by atoms with E-state index in [9.17, 15) is 82.0 Å². The normalized spacial score (nSPS) is 11.9. The summed E-state index contributed by atoms with van der Waals surface area (Å²) in [6, 6.07) is 29.6. The van der Waals surface area contributed by atoms with Gasteiger partial charge in [-0.3, -0.25) is 53.5 Å². The predicted octanol–water partition coefficient (Wildman–Crippen LogP) is 13.1. The van der Waals surface area contributed by atoms with E-state index >= 15 is 0 Å². The number of alkyl halides is 3. The minimum absolute atomic E-state index is 0.0368. The van der Waals surface area contributed by atoms with Gasteiger partial charge in [0.1, 0.15) is 86.2 Å². The molecule has 0 aliphatic carbocycles. The van der Waals surface area contributed by atoms with Gasteiger partial charge in [0.25, 0.3) is 0 Å². The van der Waals surface area contributed by atoms with Crippen molar-refractivity contribution in [2.45, 2.75) is 156 Å². The highest BCUT2D eigenvalue weighted by Crippen LogP contribution is 2.46. The van der Waals surface area contributed by atoms with E-state index in [1.807, 2.05) is 75.2 Å². The number of phenols is 2. The number of amides is 3. The molecule has 6 heterocycles. The van der Waals surface area contributed by atoms with Gasteiger partial charge in [-0.15, -0.1) is 34.8 Å². The van der Waals surface area contributed by atoms with Crippen molar-refractivity contribution in [3.05, 3.63) is 160 Å². The van der Waals surface area contributed by atoms with Crippen LogP contribution in [0, 0.1) is 0 Å². The van der Waals surface area contributed by atoms with Gasteiger partial charge in [0.05, 0.1) is 52.7 Å². The molecule has 720 valence electrons. The number of phosphoric ester groups is 4. The lowest BCUT2D eigenvalue weighted by molar-refractivity contribution is -0.119. The van der Waals surface area contributed by atoms with Gasteiger partial charge in [-0.25, -0.2) is 48.2 Å². The van der Waals surface area contributed by atoms with Crippen molar-refractivity contribution in [2.24, 2.45) is 0 Å². The van der Waals surface area contributed by atoms with E-state index in [0.29, 0.717) is 159 Å². The number of fused-ring (bicyclic) bond motifs is 9. The number of hydrogen-bond acceptors (Lipinski definition) is 25. The molecule has 19 N–H and O–H groups in total. The number of aryl methyl sites for hydroxylation is 6. The number of carbonyl (C=O) groups is 3. The number of carbonyl (C=O) groups excluding carboxylic acids is 3. The van der Waals surface area contributed by atoms with Crippen LogP contribution in [0.1, 0.15) is 149 Å². The van der Waals surface area contributed by atoms with Crippen LogP contribution in [0.5, 0.6) is 34.5 Å². The number of unbranched alkanes of at least 4 members (excludes halogenated alkanes) is 3. The van der Waals surface area contributed by atoms with Gasteiger partial charge in [0.15, 0.2) is 17.5 Å². The summed E-state index contributed by atoms with van der Waals surface area (Å²) in [5.41, 5.74) is 29.1. The Morgan fingerprint density at radius 3 is 1.01 bits per heavy atom. The SMILES string of the molecule is CCCCc1nc2c(N)nc3cc(CCCOCCCNC(=O)CCl)ccc3c2n1Cc1cc(O)ccc1OP(=O)(O)O.CCCCc1nc2c(N)nc3cc(CCCOCCCNC(=O)CCl)ccc3c2n1Cc1cc(OP(=O)(O)O)ccc1O.CCCCc1nc2c(N)nc3cc(CCCOCCCNC(=O)CCl)ccc3c2n1Cc1cc(OP(=O)(O)O)ccc1OP(=O)(O)O. The van der Waals surface area contributed by atoms with E-state index in [-0.39, 0.29) is 107 Å². The molecule has 6 aromatic carbocycles. The third kappa shape index (κ3) is 31.8. The maximum absolute atomic E-state index is 11.8. The summed E-state index contributed by atoms with van der Waals surface area (Å²) in [5.74, 6) is 1.55. The molecule has 133 heavy (non-hydrogen) atoms. The predicted molar refractivity (Wildman–Crippen MR) is 507 cm³/mol. The summed E-state index contributed by atoms with van der Waals surface area (Å²) in [5, 5.41) is 31.3. The van der Waals surface area contributed by atoms with E-state index in [1.165, 1.54) is 48.5 Å². The Hall–Kier alpha value is -10.1. The monoisotopic (exact) mass is 1980 g/mol. The smallest absolute Gasteiger partial charge is 0.508 e. The van der Waals surface area contributed by atoms with Gasteiger partial charge < -0.3 is 89.4 Å². The molecule has 39 nitrogen and oxygen atoms in total. The summed E-state index contributed by atoms with van der Waals surface area (Å²) < 4.78 is 88.5. The van der Waals surface area contributed by atoms with Crippen molar-refractivity contribution in [1.82, 2.24) is 59.6 Å². The first-order valence-electron chi connectivity index (χ1n) is 43.2. The van der Waals surface area contributed by atoms with Gasteiger partial charge >= 0.3 is 31.3 Å². The first kappa shape index (κ1) is 105. The second-order valence-corrected chi connectivity index (χ2v) is 36.6. The lowest BCUT2D eigenvalue weighted by Gasteiger charge is -2.17. The quantitative estimate of drug-likeness (QED) is 0.00956. The molecule has 46 heteroatoms. The number of aromatic hydroxyl groups is 2. The lowest BCUT2D eigenvalue weighted by Crippen LogP contribution is -2.26. The van der Waals surface area contributed by atoms with Crippen LogP contribution in [0.3, 0.4) is 0 Å². The minimum atomic E-state index is -4.99. The molecule has 0 saturated heterocycles. The van der Waals surface area contributed by atoms with Crippen molar-refractivity contribution >= 4 is 167 Å². The lowest BCUT2D eigenvalue weighted by atomic mass is 10.1. The van der Waals surface area contributed by atoms with Crippen LogP contribution in [-0.2, 0) is 105 Å². The molecule has 0 aliphatic heterocycles.